The van der Waals surface area contributed by atoms with Gasteiger partial charge in [-0.25, -0.2) is 5.10 Å². The number of rotatable bonds is 7. The third kappa shape index (κ3) is 4.44. The molecule has 1 N–H and O–H groups in total. The fourth-order valence-electron chi connectivity index (χ4n) is 1.76. The Morgan fingerprint density at radius 3 is 2.00 bits per heavy atom. The second-order valence-corrected chi connectivity index (χ2v) is 6.13. The van der Waals surface area contributed by atoms with Crippen molar-refractivity contribution in [3.05, 3.63) is 4.77 Å². The van der Waals surface area contributed by atoms with Crippen LogP contribution in [0.3, 0.4) is 0 Å². The van der Waals surface area contributed by atoms with E-state index in [9.17, 15) is 0 Å². The molecule has 0 bridgehead atoms. The number of nitrogens with one attached hydrogen (secondary N) is 1. The van der Waals surface area contributed by atoms with Crippen molar-refractivity contribution >= 4 is 18.2 Å². The fraction of sp³-hybridized carbons (Fsp3) is 0.846. The minimum atomic E-state index is 0.684. The van der Waals surface area contributed by atoms with Gasteiger partial charge in [0.25, 0.3) is 0 Å². The lowest BCUT2D eigenvalue weighted by molar-refractivity contribution is 0.526. The third-order valence-electron chi connectivity index (χ3n) is 3.09. The lowest BCUT2D eigenvalue weighted by Gasteiger charge is -2.24. The van der Waals surface area contributed by atoms with E-state index in [1.54, 1.807) is 0 Å². The van der Waals surface area contributed by atoms with Crippen LogP contribution in [0.15, 0.2) is 0 Å². The maximum absolute atomic E-state index is 5.18. The number of aromatic nitrogens is 3. The van der Waals surface area contributed by atoms with Gasteiger partial charge in [-0.05, 0) is 36.9 Å². The monoisotopic (exact) mass is 270 g/mol. The van der Waals surface area contributed by atoms with E-state index in [-0.39, 0.29) is 0 Å². The Morgan fingerprint density at radius 2 is 1.67 bits per heavy atom. The van der Waals surface area contributed by atoms with Crippen molar-refractivity contribution in [3.8, 4) is 0 Å². The predicted molar refractivity (Wildman–Crippen MR) is 79.5 cm³/mol. The lowest BCUT2D eigenvalue weighted by Crippen LogP contribution is -2.30. The van der Waals surface area contributed by atoms with Gasteiger partial charge in [0.15, 0.2) is 4.77 Å². The summed E-state index contributed by atoms with van der Waals surface area (Å²) in [5.41, 5.74) is 0. The van der Waals surface area contributed by atoms with E-state index in [0.29, 0.717) is 16.6 Å². The zero-order chi connectivity index (χ0) is 13.7. The molecule has 0 aliphatic carbocycles. The highest BCUT2D eigenvalue weighted by Crippen LogP contribution is 2.14. The summed E-state index contributed by atoms with van der Waals surface area (Å²) in [7, 11) is 1.97. The molecule has 1 heterocycles. The van der Waals surface area contributed by atoms with Crippen LogP contribution in [0.1, 0.15) is 40.5 Å². The Hall–Kier alpha value is -0.840. The van der Waals surface area contributed by atoms with Gasteiger partial charge in [-0.3, -0.25) is 4.57 Å². The molecule has 0 aliphatic heterocycles. The van der Waals surface area contributed by atoms with Crippen LogP contribution >= 0.6 is 12.2 Å². The van der Waals surface area contributed by atoms with Crippen molar-refractivity contribution in [1.29, 1.82) is 0 Å². The molecule has 1 aromatic heterocycles. The summed E-state index contributed by atoms with van der Waals surface area (Å²) in [4.78, 5) is 2.34. The largest absolute Gasteiger partial charge is 0.341 e. The molecule has 18 heavy (non-hydrogen) atoms. The molecule has 0 saturated heterocycles. The number of aromatic amines is 1. The quantitative estimate of drug-likeness (QED) is 0.772. The smallest absolute Gasteiger partial charge is 0.225 e. The standard InChI is InChI=1S/C13H26N4S/c1-10(2)6-8-17(9-7-11(3)4)12-14-15-13(18)16(12)5/h10-11H,6-9H2,1-5H3,(H,15,18). The molecule has 104 valence electrons. The second-order valence-electron chi connectivity index (χ2n) is 5.74. The summed E-state index contributed by atoms with van der Waals surface area (Å²) in [6.07, 6.45) is 2.36. The maximum atomic E-state index is 5.18. The molecule has 0 amide bonds. The molecule has 0 fully saturated rings. The Balaban J connectivity index is 2.76. The van der Waals surface area contributed by atoms with Crippen molar-refractivity contribution < 1.29 is 0 Å². The molecule has 0 aromatic carbocycles. The zero-order valence-corrected chi connectivity index (χ0v) is 13.0. The van der Waals surface area contributed by atoms with E-state index >= 15 is 0 Å². The van der Waals surface area contributed by atoms with Crippen molar-refractivity contribution in [2.24, 2.45) is 18.9 Å². The first kappa shape index (κ1) is 15.2. The number of hydrogen-bond donors (Lipinski definition) is 1. The highest BCUT2D eigenvalue weighted by molar-refractivity contribution is 7.71. The Kier molecular flexibility index (Phi) is 5.85. The van der Waals surface area contributed by atoms with Gasteiger partial charge in [0.1, 0.15) is 0 Å². The first-order chi connectivity index (χ1) is 8.41. The molecule has 0 saturated carbocycles. The summed E-state index contributed by atoms with van der Waals surface area (Å²) >= 11 is 5.18. The lowest BCUT2D eigenvalue weighted by atomic mass is 10.1. The Morgan fingerprint density at radius 1 is 1.17 bits per heavy atom. The van der Waals surface area contributed by atoms with E-state index in [4.69, 9.17) is 12.2 Å². The summed E-state index contributed by atoms with van der Waals surface area (Å²) in [6, 6.07) is 0. The summed E-state index contributed by atoms with van der Waals surface area (Å²) in [6.45, 7) is 11.1. The summed E-state index contributed by atoms with van der Waals surface area (Å²) < 4.78 is 2.64. The van der Waals surface area contributed by atoms with Gasteiger partial charge in [-0.2, -0.15) is 0 Å². The molecule has 1 aromatic rings. The number of nitrogens with zero attached hydrogens (tertiary/aromatic N) is 3. The molecular weight excluding hydrogens is 244 g/mol. The molecule has 1 rings (SSSR count). The van der Waals surface area contributed by atoms with Crippen molar-refractivity contribution in [1.82, 2.24) is 14.8 Å². The van der Waals surface area contributed by atoms with Gasteiger partial charge in [-0.15, -0.1) is 5.10 Å². The minimum Gasteiger partial charge on any atom is -0.341 e. The fourth-order valence-corrected chi connectivity index (χ4v) is 1.89. The van der Waals surface area contributed by atoms with Crippen molar-refractivity contribution in [3.63, 3.8) is 0 Å². The van der Waals surface area contributed by atoms with E-state index in [0.717, 1.165) is 19.0 Å². The van der Waals surface area contributed by atoms with E-state index in [1.165, 1.54) is 12.8 Å². The van der Waals surface area contributed by atoms with Crippen molar-refractivity contribution in [2.75, 3.05) is 18.0 Å². The van der Waals surface area contributed by atoms with E-state index in [1.807, 2.05) is 11.6 Å². The predicted octanol–water partition coefficient (Wildman–Crippen LogP) is 3.38. The molecule has 0 spiro atoms. The second kappa shape index (κ2) is 6.92. The number of hydrogen-bond acceptors (Lipinski definition) is 3. The number of anilines is 1. The molecule has 0 atom stereocenters. The van der Waals surface area contributed by atoms with Crippen LogP contribution in [0.25, 0.3) is 0 Å². The van der Waals surface area contributed by atoms with Crippen LogP contribution in [-0.2, 0) is 7.05 Å². The molecule has 5 heteroatoms. The van der Waals surface area contributed by atoms with E-state index in [2.05, 4.69) is 42.8 Å². The molecular formula is C13H26N4S. The first-order valence-corrected chi connectivity index (χ1v) is 7.19. The average molecular weight is 270 g/mol. The molecule has 4 nitrogen and oxygen atoms in total. The highest BCUT2D eigenvalue weighted by atomic mass is 32.1. The molecule has 0 radical (unpaired) electrons. The summed E-state index contributed by atoms with van der Waals surface area (Å²) in [5.74, 6) is 2.37. The van der Waals surface area contributed by atoms with Gasteiger partial charge < -0.3 is 4.90 Å². The molecule has 0 unspecified atom stereocenters. The Bertz CT molecular complexity index is 393. The van der Waals surface area contributed by atoms with Gasteiger partial charge in [0.2, 0.25) is 5.95 Å². The average Bonchev–Trinajstić information content (AvgIpc) is 2.60. The highest BCUT2D eigenvalue weighted by Gasteiger charge is 2.13. The van der Waals surface area contributed by atoms with Crippen LogP contribution in [0.2, 0.25) is 0 Å². The summed E-state index contributed by atoms with van der Waals surface area (Å²) in [5, 5.41) is 7.21. The Labute approximate surface area is 115 Å². The topological polar surface area (TPSA) is 36.9 Å². The third-order valence-corrected chi connectivity index (χ3v) is 3.46. The minimum absolute atomic E-state index is 0.684. The van der Waals surface area contributed by atoms with Crippen LogP contribution in [0.5, 0.6) is 0 Å². The zero-order valence-electron chi connectivity index (χ0n) is 12.2. The van der Waals surface area contributed by atoms with Gasteiger partial charge in [0, 0.05) is 20.1 Å². The maximum Gasteiger partial charge on any atom is 0.225 e. The SMILES string of the molecule is CC(C)CCN(CCC(C)C)c1n[nH]c(=S)n1C. The first-order valence-electron chi connectivity index (χ1n) is 6.78. The number of H-pyrrole nitrogens is 1. The van der Waals surface area contributed by atoms with Gasteiger partial charge in [0.05, 0.1) is 0 Å². The van der Waals surface area contributed by atoms with Gasteiger partial charge in [-0.1, -0.05) is 27.7 Å². The normalized spacial score (nSPS) is 11.5. The van der Waals surface area contributed by atoms with E-state index < -0.39 is 0 Å². The van der Waals surface area contributed by atoms with Crippen LogP contribution in [0, 0.1) is 16.6 Å². The van der Waals surface area contributed by atoms with Crippen LogP contribution < -0.4 is 4.90 Å². The molecule has 0 aliphatic rings. The van der Waals surface area contributed by atoms with Crippen molar-refractivity contribution in [2.45, 2.75) is 40.5 Å². The van der Waals surface area contributed by atoms with Gasteiger partial charge >= 0.3 is 0 Å². The van der Waals surface area contributed by atoms with Crippen LogP contribution in [-0.4, -0.2) is 27.9 Å². The van der Waals surface area contributed by atoms with Crippen LogP contribution in [0.4, 0.5) is 5.95 Å².